The first-order valence-corrected chi connectivity index (χ1v) is 4.94. The van der Waals surface area contributed by atoms with E-state index in [4.69, 9.17) is 2.74 Å². The molecule has 0 amide bonds. The molecule has 0 saturated heterocycles. The molecule has 0 heteroatoms. The van der Waals surface area contributed by atoms with E-state index in [-0.39, 0.29) is 5.41 Å². The summed E-state index contributed by atoms with van der Waals surface area (Å²) < 4.78 is 15.3. The fraction of sp³-hybridized carbons (Fsp3) is 0.286. The maximum absolute atomic E-state index is 7.85. The van der Waals surface area contributed by atoms with Gasteiger partial charge in [-0.3, -0.25) is 0 Å². The lowest BCUT2D eigenvalue weighted by atomic mass is 9.80. The molecule has 0 saturated carbocycles. The van der Waals surface area contributed by atoms with E-state index in [9.17, 15) is 0 Å². The highest BCUT2D eigenvalue weighted by Crippen LogP contribution is 2.35. The third kappa shape index (κ3) is 1.95. The van der Waals surface area contributed by atoms with Gasteiger partial charge < -0.3 is 0 Å². The van der Waals surface area contributed by atoms with Crippen LogP contribution < -0.4 is 0 Å². The van der Waals surface area contributed by atoms with Crippen LogP contribution in [0.15, 0.2) is 48.5 Å². The summed E-state index contributed by atoms with van der Waals surface area (Å²) in [6.07, 6.45) is 4.79. The molecular formula is C14H16. The fourth-order valence-corrected chi connectivity index (χ4v) is 1.75. The summed E-state index contributed by atoms with van der Waals surface area (Å²) in [6, 6.07) is 8.80. The first-order chi connectivity index (χ1) is 7.49. The summed E-state index contributed by atoms with van der Waals surface area (Å²) >= 11 is 0. The van der Waals surface area contributed by atoms with Crippen molar-refractivity contribution in [2.75, 3.05) is 0 Å². The van der Waals surface area contributed by atoms with Crippen molar-refractivity contribution in [1.29, 1.82) is 0 Å². The lowest BCUT2D eigenvalue weighted by Crippen LogP contribution is -2.10. The predicted octanol–water partition coefficient (Wildman–Crippen LogP) is 4.06. The van der Waals surface area contributed by atoms with Gasteiger partial charge in [0.15, 0.2) is 0 Å². The number of rotatable bonds is 1. The highest BCUT2D eigenvalue weighted by molar-refractivity contribution is 5.69. The maximum atomic E-state index is 7.85. The molecular weight excluding hydrogens is 168 g/mol. The Kier molecular flexibility index (Phi) is 1.74. The Morgan fingerprint density at radius 2 is 2.00 bits per heavy atom. The zero-order valence-corrected chi connectivity index (χ0v) is 8.67. The lowest BCUT2D eigenvalue weighted by Gasteiger charge is -2.25. The SMILES string of the molecule is [2H]C1=CC=C(c2ccc([2H])cc2)CC1(C)C. The average molecular weight is 186 g/mol. The van der Waals surface area contributed by atoms with Crippen LogP contribution in [0.3, 0.4) is 0 Å². The van der Waals surface area contributed by atoms with Crippen LogP contribution in [0, 0.1) is 5.41 Å². The molecule has 0 bridgehead atoms. The summed E-state index contributed by atoms with van der Waals surface area (Å²) in [5, 5.41) is 0. The number of allylic oxidation sites excluding steroid dienone is 4. The monoisotopic (exact) mass is 186 g/mol. The molecule has 0 aliphatic heterocycles. The molecule has 0 unspecified atom stereocenters. The number of hydrogen-bond donors (Lipinski definition) is 0. The van der Waals surface area contributed by atoms with E-state index in [0.29, 0.717) is 12.1 Å². The molecule has 2 rings (SSSR count). The summed E-state index contributed by atoms with van der Waals surface area (Å²) in [4.78, 5) is 0. The summed E-state index contributed by atoms with van der Waals surface area (Å²) in [5.41, 5.74) is 2.33. The van der Waals surface area contributed by atoms with E-state index < -0.39 is 0 Å². The van der Waals surface area contributed by atoms with Crippen LogP contribution in [0.4, 0.5) is 0 Å². The van der Waals surface area contributed by atoms with Gasteiger partial charge in [0.2, 0.25) is 0 Å². The molecule has 1 aromatic carbocycles. The molecule has 0 heterocycles. The van der Waals surface area contributed by atoms with Crippen LogP contribution in [0.1, 0.15) is 28.6 Å². The zero-order chi connectivity index (χ0) is 11.8. The second-order valence-corrected chi connectivity index (χ2v) is 4.35. The van der Waals surface area contributed by atoms with Gasteiger partial charge in [-0.2, -0.15) is 0 Å². The van der Waals surface area contributed by atoms with Crippen LogP contribution >= 0.6 is 0 Å². The second kappa shape index (κ2) is 3.45. The molecule has 0 spiro atoms. The standard InChI is InChI=1S/C14H16/c1-14(2)10-6-9-13(11-14)12-7-4-3-5-8-12/h3-10H,11H2,1-2H3/i3D,10D. The molecule has 14 heavy (non-hydrogen) atoms. The van der Waals surface area contributed by atoms with Crippen LogP contribution in [0.25, 0.3) is 5.57 Å². The molecule has 0 nitrogen and oxygen atoms in total. The van der Waals surface area contributed by atoms with Crippen LogP contribution in [-0.2, 0) is 0 Å². The zero-order valence-electron chi connectivity index (χ0n) is 10.7. The predicted molar refractivity (Wildman–Crippen MR) is 62.0 cm³/mol. The van der Waals surface area contributed by atoms with Gasteiger partial charge in [0.1, 0.15) is 0 Å². The minimum absolute atomic E-state index is 0.0796. The largest absolute Gasteiger partial charge is 0.0785 e. The first kappa shape index (κ1) is 7.05. The fourth-order valence-electron chi connectivity index (χ4n) is 1.75. The molecule has 72 valence electrons. The molecule has 0 radical (unpaired) electrons. The number of benzene rings is 1. The van der Waals surface area contributed by atoms with Crippen LogP contribution in [-0.4, -0.2) is 0 Å². The Morgan fingerprint density at radius 1 is 1.29 bits per heavy atom. The van der Waals surface area contributed by atoms with E-state index in [1.807, 2.05) is 36.4 Å². The Hall–Kier alpha value is -1.30. The Bertz CT molecular complexity index is 450. The molecule has 0 atom stereocenters. The van der Waals surface area contributed by atoms with E-state index in [1.165, 1.54) is 5.57 Å². The second-order valence-electron chi connectivity index (χ2n) is 4.35. The third-order valence-electron chi connectivity index (χ3n) is 2.48. The lowest BCUT2D eigenvalue weighted by molar-refractivity contribution is 0.492. The van der Waals surface area contributed by atoms with Crippen LogP contribution in [0.2, 0.25) is 0 Å². The number of hydrogen-bond acceptors (Lipinski definition) is 0. The molecule has 0 N–H and O–H groups in total. The van der Waals surface area contributed by atoms with Crippen molar-refractivity contribution in [3.63, 3.8) is 0 Å². The Labute approximate surface area is 88.8 Å². The van der Waals surface area contributed by atoms with Crippen molar-refractivity contribution in [2.24, 2.45) is 5.41 Å². The minimum Gasteiger partial charge on any atom is -0.0785 e. The van der Waals surface area contributed by atoms with Gasteiger partial charge in [0.25, 0.3) is 0 Å². The van der Waals surface area contributed by atoms with Gasteiger partial charge in [-0.25, -0.2) is 0 Å². The van der Waals surface area contributed by atoms with Gasteiger partial charge in [-0.1, -0.05) is 62.4 Å². The Balaban J connectivity index is 2.34. The van der Waals surface area contributed by atoms with E-state index in [1.54, 1.807) is 0 Å². The van der Waals surface area contributed by atoms with E-state index in [2.05, 4.69) is 13.8 Å². The van der Waals surface area contributed by atoms with E-state index in [0.717, 1.165) is 12.0 Å². The molecule has 0 aromatic heterocycles. The molecule has 1 aromatic rings. The van der Waals surface area contributed by atoms with Gasteiger partial charge in [-0.15, -0.1) is 0 Å². The first-order valence-electron chi connectivity index (χ1n) is 5.94. The average Bonchev–Trinajstić information content (AvgIpc) is 2.23. The molecule has 1 aliphatic rings. The normalized spacial score (nSPS) is 21.9. The highest BCUT2D eigenvalue weighted by atomic mass is 14.2. The van der Waals surface area contributed by atoms with Crippen molar-refractivity contribution in [3.8, 4) is 0 Å². The van der Waals surface area contributed by atoms with Crippen molar-refractivity contribution in [1.82, 2.24) is 0 Å². The van der Waals surface area contributed by atoms with Gasteiger partial charge >= 0.3 is 0 Å². The topological polar surface area (TPSA) is 0 Å². The van der Waals surface area contributed by atoms with Crippen molar-refractivity contribution in [2.45, 2.75) is 20.3 Å². The van der Waals surface area contributed by atoms with Crippen molar-refractivity contribution in [3.05, 3.63) is 54.1 Å². The third-order valence-corrected chi connectivity index (χ3v) is 2.48. The smallest absolute Gasteiger partial charge is 0.0623 e. The minimum atomic E-state index is -0.0796. The van der Waals surface area contributed by atoms with Crippen molar-refractivity contribution < 1.29 is 2.74 Å². The summed E-state index contributed by atoms with van der Waals surface area (Å²) in [5.74, 6) is 0. The molecule has 0 fully saturated rings. The summed E-state index contributed by atoms with van der Waals surface area (Å²) in [7, 11) is 0. The summed E-state index contributed by atoms with van der Waals surface area (Å²) in [6.45, 7) is 4.19. The van der Waals surface area contributed by atoms with Crippen molar-refractivity contribution >= 4 is 5.57 Å². The van der Waals surface area contributed by atoms with E-state index >= 15 is 0 Å². The highest BCUT2D eigenvalue weighted by Gasteiger charge is 2.19. The van der Waals surface area contributed by atoms with Crippen LogP contribution in [0.5, 0.6) is 0 Å². The maximum Gasteiger partial charge on any atom is 0.0623 e. The van der Waals surface area contributed by atoms with Gasteiger partial charge in [0, 0.05) is 0 Å². The quantitative estimate of drug-likeness (QED) is 0.620. The Morgan fingerprint density at radius 3 is 2.64 bits per heavy atom. The molecule has 1 aliphatic carbocycles. The van der Waals surface area contributed by atoms with Gasteiger partial charge in [-0.05, 0) is 23.0 Å². The van der Waals surface area contributed by atoms with Gasteiger partial charge in [0.05, 0.1) is 2.74 Å².